The molecular weight excluding hydrogens is 220 g/mol. The maximum Gasteiger partial charge on any atom is 0.0459 e. The van der Waals surface area contributed by atoms with Crippen LogP contribution in [-0.2, 0) is 6.42 Å². The van der Waals surface area contributed by atoms with Crippen molar-refractivity contribution < 1.29 is 0 Å². The Morgan fingerprint density at radius 3 is 3.12 bits per heavy atom. The molecule has 2 heterocycles. The fourth-order valence-corrected chi connectivity index (χ4v) is 3.46. The molecule has 1 aromatic rings. The first kappa shape index (κ1) is 10.4. The average Bonchev–Trinajstić information content (AvgIpc) is 2.69. The predicted octanol–water partition coefficient (Wildman–Crippen LogP) is 2.44. The van der Waals surface area contributed by atoms with E-state index in [-0.39, 0.29) is 0 Å². The zero-order valence-electron chi connectivity index (χ0n) is 9.32. The van der Waals surface area contributed by atoms with Crippen LogP contribution in [0.2, 0.25) is 5.02 Å². The summed E-state index contributed by atoms with van der Waals surface area (Å²) in [5.41, 5.74) is 8.54. The number of rotatable bonds is 1. The third-order valence-corrected chi connectivity index (χ3v) is 4.39. The molecule has 2 aliphatic rings. The third-order valence-electron chi connectivity index (χ3n) is 4.04. The predicted molar refractivity (Wildman–Crippen MR) is 68.1 cm³/mol. The van der Waals surface area contributed by atoms with Crippen molar-refractivity contribution in [3.63, 3.8) is 0 Å². The second-order valence-corrected chi connectivity index (χ2v) is 5.25. The van der Waals surface area contributed by atoms with Gasteiger partial charge in [0.1, 0.15) is 0 Å². The average molecular weight is 237 g/mol. The molecule has 0 spiro atoms. The smallest absolute Gasteiger partial charge is 0.0459 e. The molecule has 0 aromatic heterocycles. The molecule has 1 aromatic carbocycles. The molecule has 0 radical (unpaired) electrons. The Morgan fingerprint density at radius 2 is 2.31 bits per heavy atom. The molecule has 1 fully saturated rings. The molecule has 0 aliphatic carbocycles. The Balaban J connectivity index is 1.99. The molecule has 3 heteroatoms. The van der Waals surface area contributed by atoms with Crippen LogP contribution in [0.4, 0.5) is 5.69 Å². The van der Waals surface area contributed by atoms with Gasteiger partial charge in [0.25, 0.3) is 0 Å². The topological polar surface area (TPSA) is 29.3 Å². The van der Waals surface area contributed by atoms with Crippen LogP contribution in [-0.4, -0.2) is 19.1 Å². The SMILES string of the molecule is NCC1CCCN2c3cccc(Cl)c3CC12. The lowest BCUT2D eigenvalue weighted by Crippen LogP contribution is -2.45. The number of nitrogens with two attached hydrogens (primary N) is 1. The standard InChI is InChI=1S/C13H17ClN2/c14-11-4-1-5-12-10(11)7-13-9(8-15)3-2-6-16(12)13/h1,4-5,9,13H,2-3,6-8,15H2. The summed E-state index contributed by atoms with van der Waals surface area (Å²) >= 11 is 6.27. The second kappa shape index (κ2) is 3.94. The van der Waals surface area contributed by atoms with Gasteiger partial charge in [-0.1, -0.05) is 17.7 Å². The van der Waals surface area contributed by atoms with Gasteiger partial charge in [0.05, 0.1) is 0 Å². The Bertz CT molecular complexity index is 405. The van der Waals surface area contributed by atoms with Crippen LogP contribution in [0.25, 0.3) is 0 Å². The molecule has 3 rings (SSSR count). The Hall–Kier alpha value is -0.730. The van der Waals surface area contributed by atoms with Crippen molar-refractivity contribution in [3.8, 4) is 0 Å². The highest BCUT2D eigenvalue weighted by Gasteiger charge is 2.37. The van der Waals surface area contributed by atoms with Gasteiger partial charge in [-0.3, -0.25) is 0 Å². The Morgan fingerprint density at radius 1 is 1.44 bits per heavy atom. The van der Waals surface area contributed by atoms with E-state index < -0.39 is 0 Å². The fraction of sp³-hybridized carbons (Fsp3) is 0.538. The summed E-state index contributed by atoms with van der Waals surface area (Å²) in [6.45, 7) is 1.96. The monoisotopic (exact) mass is 236 g/mol. The molecule has 1 saturated heterocycles. The molecule has 2 N–H and O–H groups in total. The van der Waals surface area contributed by atoms with Gasteiger partial charge in [0.15, 0.2) is 0 Å². The van der Waals surface area contributed by atoms with E-state index in [1.165, 1.54) is 24.1 Å². The minimum Gasteiger partial charge on any atom is -0.368 e. The first-order valence-corrected chi connectivity index (χ1v) is 6.43. The van der Waals surface area contributed by atoms with Gasteiger partial charge in [-0.25, -0.2) is 0 Å². The van der Waals surface area contributed by atoms with Crippen molar-refractivity contribution in [2.24, 2.45) is 11.7 Å². The first-order chi connectivity index (χ1) is 7.81. The molecule has 86 valence electrons. The Labute approximate surface area is 101 Å². The number of halogens is 1. The van der Waals surface area contributed by atoms with Gasteiger partial charge >= 0.3 is 0 Å². The van der Waals surface area contributed by atoms with Gasteiger partial charge in [0, 0.05) is 23.3 Å². The summed E-state index contributed by atoms with van der Waals surface area (Å²) < 4.78 is 0. The second-order valence-electron chi connectivity index (χ2n) is 4.84. The van der Waals surface area contributed by atoms with Crippen LogP contribution in [0.1, 0.15) is 18.4 Å². The molecule has 2 unspecified atom stereocenters. The number of hydrogen-bond donors (Lipinski definition) is 1. The summed E-state index contributed by atoms with van der Waals surface area (Å²) in [5, 5.41) is 0.919. The first-order valence-electron chi connectivity index (χ1n) is 6.05. The third kappa shape index (κ3) is 1.44. The highest BCUT2D eigenvalue weighted by atomic mass is 35.5. The number of piperidine rings is 1. The lowest BCUT2D eigenvalue weighted by Gasteiger charge is -2.38. The van der Waals surface area contributed by atoms with E-state index in [2.05, 4.69) is 17.0 Å². The van der Waals surface area contributed by atoms with E-state index in [4.69, 9.17) is 17.3 Å². The minimum absolute atomic E-state index is 0.591. The summed E-state index contributed by atoms with van der Waals surface area (Å²) in [6, 6.07) is 6.83. The van der Waals surface area contributed by atoms with Crippen molar-refractivity contribution in [1.29, 1.82) is 0 Å². The highest BCUT2D eigenvalue weighted by Crippen LogP contribution is 2.41. The van der Waals surface area contributed by atoms with Crippen molar-refractivity contribution in [3.05, 3.63) is 28.8 Å². The normalized spacial score (nSPS) is 27.8. The van der Waals surface area contributed by atoms with E-state index in [1.54, 1.807) is 0 Å². The summed E-state index contributed by atoms with van der Waals surface area (Å²) in [6.07, 6.45) is 3.60. The van der Waals surface area contributed by atoms with Gasteiger partial charge in [0.2, 0.25) is 0 Å². The lowest BCUT2D eigenvalue weighted by atomic mass is 9.88. The largest absolute Gasteiger partial charge is 0.368 e. The van der Waals surface area contributed by atoms with Crippen molar-refractivity contribution in [1.82, 2.24) is 0 Å². The van der Waals surface area contributed by atoms with E-state index in [0.29, 0.717) is 12.0 Å². The molecular formula is C13H17ClN2. The van der Waals surface area contributed by atoms with Crippen LogP contribution in [0.15, 0.2) is 18.2 Å². The summed E-state index contributed by atoms with van der Waals surface area (Å²) in [4.78, 5) is 2.52. The number of benzene rings is 1. The van der Waals surface area contributed by atoms with Gasteiger partial charge in [-0.05, 0) is 49.4 Å². The zero-order valence-corrected chi connectivity index (χ0v) is 10.1. The Kier molecular flexibility index (Phi) is 2.56. The summed E-state index contributed by atoms with van der Waals surface area (Å²) in [7, 11) is 0. The molecule has 0 saturated carbocycles. The van der Waals surface area contributed by atoms with Crippen LogP contribution in [0, 0.1) is 5.92 Å². The van der Waals surface area contributed by atoms with E-state index in [0.717, 1.165) is 24.5 Å². The van der Waals surface area contributed by atoms with Crippen molar-refractivity contribution >= 4 is 17.3 Å². The minimum atomic E-state index is 0.591. The van der Waals surface area contributed by atoms with Gasteiger partial charge in [-0.15, -0.1) is 0 Å². The van der Waals surface area contributed by atoms with Crippen molar-refractivity contribution in [2.75, 3.05) is 18.0 Å². The molecule has 2 aliphatic heterocycles. The highest BCUT2D eigenvalue weighted by molar-refractivity contribution is 6.31. The maximum atomic E-state index is 6.27. The van der Waals surface area contributed by atoms with E-state index in [1.807, 2.05) is 6.07 Å². The quantitative estimate of drug-likeness (QED) is 0.812. The maximum absolute atomic E-state index is 6.27. The van der Waals surface area contributed by atoms with E-state index >= 15 is 0 Å². The molecule has 2 atom stereocenters. The van der Waals surface area contributed by atoms with E-state index in [9.17, 15) is 0 Å². The number of nitrogens with zero attached hydrogens (tertiary/aromatic N) is 1. The number of anilines is 1. The molecule has 16 heavy (non-hydrogen) atoms. The van der Waals surface area contributed by atoms with Gasteiger partial charge in [-0.2, -0.15) is 0 Å². The van der Waals surface area contributed by atoms with Crippen LogP contribution in [0.5, 0.6) is 0 Å². The summed E-state index contributed by atoms with van der Waals surface area (Å²) in [5.74, 6) is 0.636. The van der Waals surface area contributed by atoms with Crippen molar-refractivity contribution in [2.45, 2.75) is 25.3 Å². The molecule has 2 nitrogen and oxygen atoms in total. The van der Waals surface area contributed by atoms with Crippen LogP contribution in [0.3, 0.4) is 0 Å². The number of fused-ring (bicyclic) bond motifs is 3. The lowest BCUT2D eigenvalue weighted by molar-refractivity contribution is 0.339. The van der Waals surface area contributed by atoms with Crippen LogP contribution >= 0.6 is 11.6 Å². The fourth-order valence-electron chi connectivity index (χ4n) is 3.21. The van der Waals surface area contributed by atoms with Crippen LogP contribution < -0.4 is 10.6 Å². The molecule has 0 amide bonds. The number of hydrogen-bond acceptors (Lipinski definition) is 2. The zero-order chi connectivity index (χ0) is 11.1. The van der Waals surface area contributed by atoms with Gasteiger partial charge < -0.3 is 10.6 Å². The molecule has 0 bridgehead atoms.